The molecule has 0 aromatic heterocycles. The molecule has 3 heteroatoms. The van der Waals surface area contributed by atoms with Crippen LogP contribution in [0.15, 0.2) is 0 Å². The van der Waals surface area contributed by atoms with Crippen LogP contribution in [0.1, 0.15) is 20.3 Å². The Labute approximate surface area is 75.4 Å². The van der Waals surface area contributed by atoms with Crippen molar-refractivity contribution in [1.29, 1.82) is 0 Å². The van der Waals surface area contributed by atoms with Crippen molar-refractivity contribution >= 4 is 0 Å². The van der Waals surface area contributed by atoms with Crippen molar-refractivity contribution in [2.45, 2.75) is 26.4 Å². The quantitative estimate of drug-likeness (QED) is 0.559. The van der Waals surface area contributed by atoms with Crippen molar-refractivity contribution in [1.82, 2.24) is 5.32 Å². The van der Waals surface area contributed by atoms with Crippen LogP contribution in [0.3, 0.4) is 0 Å². The summed E-state index contributed by atoms with van der Waals surface area (Å²) >= 11 is 0. The molecule has 0 aliphatic carbocycles. The minimum atomic E-state index is 0.333. The van der Waals surface area contributed by atoms with Gasteiger partial charge >= 0.3 is 0 Å². The molecule has 0 aliphatic rings. The van der Waals surface area contributed by atoms with Crippen molar-refractivity contribution in [3.63, 3.8) is 0 Å². The van der Waals surface area contributed by atoms with Crippen LogP contribution in [0, 0.1) is 0 Å². The molecule has 1 unspecified atom stereocenters. The highest BCUT2D eigenvalue weighted by atomic mass is 16.5. The van der Waals surface area contributed by atoms with Gasteiger partial charge in [-0.05, 0) is 26.4 Å². The Morgan fingerprint density at radius 3 is 2.67 bits per heavy atom. The fraction of sp³-hybridized carbons (Fsp3) is 1.00. The zero-order chi connectivity index (χ0) is 9.23. The highest BCUT2D eigenvalue weighted by molar-refractivity contribution is 4.52. The highest BCUT2D eigenvalue weighted by Gasteiger charge is 1.99. The SMILES string of the molecule is CCNCCC(C)OCCOC. The Morgan fingerprint density at radius 1 is 1.33 bits per heavy atom. The number of methoxy groups -OCH3 is 1. The van der Waals surface area contributed by atoms with Crippen molar-refractivity contribution in [2.24, 2.45) is 0 Å². The van der Waals surface area contributed by atoms with Gasteiger partial charge in [0.15, 0.2) is 0 Å². The molecule has 0 heterocycles. The summed E-state index contributed by atoms with van der Waals surface area (Å²) in [7, 11) is 1.69. The van der Waals surface area contributed by atoms with Crippen LogP contribution in [0.25, 0.3) is 0 Å². The monoisotopic (exact) mass is 175 g/mol. The van der Waals surface area contributed by atoms with Crippen LogP contribution in [0.4, 0.5) is 0 Å². The first-order valence-electron chi connectivity index (χ1n) is 4.62. The van der Waals surface area contributed by atoms with Crippen LogP contribution < -0.4 is 5.32 Å². The summed E-state index contributed by atoms with van der Waals surface area (Å²) in [6, 6.07) is 0. The molecule has 1 N–H and O–H groups in total. The molecule has 0 saturated carbocycles. The molecule has 1 atom stereocenters. The molecule has 74 valence electrons. The summed E-state index contributed by atoms with van der Waals surface area (Å²) in [5.41, 5.74) is 0. The van der Waals surface area contributed by atoms with Gasteiger partial charge in [0.1, 0.15) is 0 Å². The smallest absolute Gasteiger partial charge is 0.0703 e. The zero-order valence-corrected chi connectivity index (χ0v) is 8.43. The molecular formula is C9H21NO2. The lowest BCUT2D eigenvalue weighted by atomic mass is 10.3. The van der Waals surface area contributed by atoms with Gasteiger partial charge in [0.05, 0.1) is 19.3 Å². The molecule has 12 heavy (non-hydrogen) atoms. The van der Waals surface area contributed by atoms with E-state index in [0.717, 1.165) is 19.5 Å². The molecule has 0 radical (unpaired) electrons. The van der Waals surface area contributed by atoms with Gasteiger partial charge < -0.3 is 14.8 Å². The molecule has 0 aromatic carbocycles. The first-order chi connectivity index (χ1) is 5.81. The van der Waals surface area contributed by atoms with Gasteiger partial charge in [-0.3, -0.25) is 0 Å². The maximum absolute atomic E-state index is 5.46. The highest BCUT2D eigenvalue weighted by Crippen LogP contribution is 1.95. The second-order valence-corrected chi connectivity index (χ2v) is 2.82. The first kappa shape index (κ1) is 11.9. The molecule has 0 aliphatic heterocycles. The van der Waals surface area contributed by atoms with Gasteiger partial charge in [-0.1, -0.05) is 6.92 Å². The third-order valence-electron chi connectivity index (χ3n) is 1.67. The van der Waals surface area contributed by atoms with Crippen LogP contribution in [0.2, 0.25) is 0 Å². The molecule has 0 aromatic rings. The molecular weight excluding hydrogens is 154 g/mol. The summed E-state index contributed by atoms with van der Waals surface area (Å²) in [5.74, 6) is 0. The topological polar surface area (TPSA) is 30.5 Å². The minimum absolute atomic E-state index is 0.333. The van der Waals surface area contributed by atoms with Gasteiger partial charge in [-0.15, -0.1) is 0 Å². The fourth-order valence-electron chi connectivity index (χ4n) is 0.898. The second kappa shape index (κ2) is 8.97. The normalized spacial score (nSPS) is 13.2. The molecule has 0 fully saturated rings. The van der Waals surface area contributed by atoms with E-state index in [1.807, 2.05) is 0 Å². The van der Waals surface area contributed by atoms with Gasteiger partial charge in [-0.25, -0.2) is 0 Å². The molecule has 0 amide bonds. The lowest BCUT2D eigenvalue weighted by molar-refractivity contribution is 0.0228. The summed E-state index contributed by atoms with van der Waals surface area (Å²) in [4.78, 5) is 0. The van der Waals surface area contributed by atoms with Crippen LogP contribution in [0.5, 0.6) is 0 Å². The lowest BCUT2D eigenvalue weighted by Crippen LogP contribution is -2.21. The summed E-state index contributed by atoms with van der Waals surface area (Å²) < 4.78 is 10.3. The van der Waals surface area contributed by atoms with E-state index in [2.05, 4.69) is 19.2 Å². The largest absolute Gasteiger partial charge is 0.382 e. The standard InChI is InChI=1S/C9H21NO2/c1-4-10-6-5-9(2)12-8-7-11-3/h9-10H,4-8H2,1-3H3. The third-order valence-corrected chi connectivity index (χ3v) is 1.67. The Hall–Kier alpha value is -0.120. The minimum Gasteiger partial charge on any atom is -0.382 e. The summed E-state index contributed by atoms with van der Waals surface area (Å²) in [6.07, 6.45) is 1.40. The van der Waals surface area contributed by atoms with Crippen molar-refractivity contribution in [2.75, 3.05) is 33.4 Å². The third kappa shape index (κ3) is 7.98. The molecule has 0 spiro atoms. The Bertz CT molecular complexity index is 78.6. The van der Waals surface area contributed by atoms with Gasteiger partial charge in [-0.2, -0.15) is 0 Å². The average Bonchev–Trinajstić information content (AvgIpc) is 2.06. The lowest BCUT2D eigenvalue weighted by Gasteiger charge is -2.12. The maximum atomic E-state index is 5.46. The van der Waals surface area contributed by atoms with E-state index in [1.54, 1.807) is 7.11 Å². The van der Waals surface area contributed by atoms with E-state index in [-0.39, 0.29) is 0 Å². The Kier molecular flexibility index (Phi) is 8.88. The van der Waals surface area contributed by atoms with E-state index in [1.165, 1.54) is 0 Å². The van der Waals surface area contributed by atoms with Gasteiger partial charge in [0.2, 0.25) is 0 Å². The second-order valence-electron chi connectivity index (χ2n) is 2.82. The number of ether oxygens (including phenoxy) is 2. The fourth-order valence-corrected chi connectivity index (χ4v) is 0.898. The van der Waals surface area contributed by atoms with E-state index >= 15 is 0 Å². The molecule has 0 bridgehead atoms. The molecule has 0 saturated heterocycles. The van der Waals surface area contributed by atoms with Gasteiger partial charge in [0.25, 0.3) is 0 Å². The maximum Gasteiger partial charge on any atom is 0.0703 e. The van der Waals surface area contributed by atoms with E-state index in [4.69, 9.17) is 9.47 Å². The summed E-state index contributed by atoms with van der Waals surface area (Å²) in [6.45, 7) is 7.65. The Morgan fingerprint density at radius 2 is 2.08 bits per heavy atom. The summed E-state index contributed by atoms with van der Waals surface area (Å²) in [5, 5.41) is 3.26. The average molecular weight is 175 g/mol. The Balaban J connectivity index is 3.04. The first-order valence-corrected chi connectivity index (χ1v) is 4.62. The van der Waals surface area contributed by atoms with Crippen molar-refractivity contribution in [3.05, 3.63) is 0 Å². The van der Waals surface area contributed by atoms with E-state index in [9.17, 15) is 0 Å². The molecule has 0 rings (SSSR count). The number of rotatable bonds is 8. The predicted molar refractivity (Wildman–Crippen MR) is 50.5 cm³/mol. The number of hydrogen-bond donors (Lipinski definition) is 1. The van der Waals surface area contributed by atoms with Crippen LogP contribution in [-0.4, -0.2) is 39.5 Å². The predicted octanol–water partition coefficient (Wildman–Crippen LogP) is 1.04. The van der Waals surface area contributed by atoms with Crippen LogP contribution >= 0.6 is 0 Å². The number of nitrogens with one attached hydrogen (secondary N) is 1. The van der Waals surface area contributed by atoms with Crippen molar-refractivity contribution in [3.8, 4) is 0 Å². The van der Waals surface area contributed by atoms with E-state index in [0.29, 0.717) is 19.3 Å². The van der Waals surface area contributed by atoms with Crippen LogP contribution in [-0.2, 0) is 9.47 Å². The zero-order valence-electron chi connectivity index (χ0n) is 8.43. The van der Waals surface area contributed by atoms with E-state index < -0.39 is 0 Å². The van der Waals surface area contributed by atoms with Gasteiger partial charge in [0, 0.05) is 7.11 Å². The number of hydrogen-bond acceptors (Lipinski definition) is 3. The van der Waals surface area contributed by atoms with Crippen molar-refractivity contribution < 1.29 is 9.47 Å². The molecule has 3 nitrogen and oxygen atoms in total.